The molecule has 104 valence electrons. The zero-order valence-corrected chi connectivity index (χ0v) is 11.3. The second-order valence-electron chi connectivity index (χ2n) is 4.60. The number of hydrogen-bond acceptors (Lipinski definition) is 5. The van der Waals surface area contributed by atoms with Crippen LogP contribution in [0.4, 0.5) is 0 Å². The standard InChI is InChI=1S/C13H22O5/c1-4-17-13(15)11(8-12(14)16-3)10-5-6-18-9(2)7-10/h9-11H,4-8H2,1-3H3/t9-,10-,11?/m0/s1. The number of rotatable bonds is 5. The van der Waals surface area contributed by atoms with Gasteiger partial charge in [-0.25, -0.2) is 0 Å². The minimum Gasteiger partial charge on any atom is -0.469 e. The highest BCUT2D eigenvalue weighted by Crippen LogP contribution is 2.30. The van der Waals surface area contributed by atoms with E-state index < -0.39 is 5.92 Å². The van der Waals surface area contributed by atoms with Crippen LogP contribution in [-0.2, 0) is 23.8 Å². The Labute approximate surface area is 108 Å². The lowest BCUT2D eigenvalue weighted by Gasteiger charge is -2.31. The molecular formula is C13H22O5. The molecular weight excluding hydrogens is 236 g/mol. The van der Waals surface area contributed by atoms with Gasteiger partial charge in [0.05, 0.1) is 32.2 Å². The van der Waals surface area contributed by atoms with Gasteiger partial charge in [-0.15, -0.1) is 0 Å². The SMILES string of the molecule is CCOC(=O)C(CC(=O)OC)[C@H]1CCO[C@@H](C)C1. The third kappa shape index (κ3) is 4.29. The van der Waals surface area contributed by atoms with Crippen LogP contribution in [0.25, 0.3) is 0 Å². The molecule has 5 heteroatoms. The summed E-state index contributed by atoms with van der Waals surface area (Å²) < 4.78 is 15.2. The molecule has 1 saturated heterocycles. The molecule has 1 aliphatic rings. The van der Waals surface area contributed by atoms with Gasteiger partial charge in [-0.1, -0.05) is 0 Å². The van der Waals surface area contributed by atoms with E-state index in [2.05, 4.69) is 4.74 Å². The predicted molar refractivity (Wildman–Crippen MR) is 64.9 cm³/mol. The van der Waals surface area contributed by atoms with Gasteiger partial charge < -0.3 is 14.2 Å². The molecule has 1 unspecified atom stereocenters. The number of hydrogen-bond donors (Lipinski definition) is 0. The molecule has 18 heavy (non-hydrogen) atoms. The Morgan fingerprint density at radius 3 is 2.72 bits per heavy atom. The molecule has 0 amide bonds. The Kier molecular flexibility index (Phi) is 6.12. The van der Waals surface area contributed by atoms with Crippen molar-refractivity contribution in [2.24, 2.45) is 11.8 Å². The van der Waals surface area contributed by atoms with E-state index in [0.717, 1.165) is 12.8 Å². The van der Waals surface area contributed by atoms with Crippen molar-refractivity contribution in [1.29, 1.82) is 0 Å². The fourth-order valence-corrected chi connectivity index (χ4v) is 2.35. The summed E-state index contributed by atoms with van der Waals surface area (Å²) in [5, 5.41) is 0. The fraction of sp³-hybridized carbons (Fsp3) is 0.846. The first-order valence-corrected chi connectivity index (χ1v) is 6.43. The maximum atomic E-state index is 11.9. The lowest BCUT2D eigenvalue weighted by atomic mass is 9.82. The molecule has 0 N–H and O–H groups in total. The van der Waals surface area contributed by atoms with Crippen LogP contribution < -0.4 is 0 Å². The normalized spacial score (nSPS) is 25.3. The summed E-state index contributed by atoms with van der Waals surface area (Å²) in [6.07, 6.45) is 1.77. The lowest BCUT2D eigenvalue weighted by Crippen LogP contribution is -2.35. The summed E-state index contributed by atoms with van der Waals surface area (Å²) in [6, 6.07) is 0. The topological polar surface area (TPSA) is 61.8 Å². The molecule has 1 heterocycles. The average Bonchev–Trinajstić information content (AvgIpc) is 2.35. The van der Waals surface area contributed by atoms with Crippen LogP contribution in [0, 0.1) is 11.8 Å². The van der Waals surface area contributed by atoms with Crippen LogP contribution in [0.5, 0.6) is 0 Å². The molecule has 0 aromatic rings. The van der Waals surface area contributed by atoms with Crippen LogP contribution in [0.1, 0.15) is 33.1 Å². The summed E-state index contributed by atoms with van der Waals surface area (Å²) in [5.41, 5.74) is 0. The molecule has 0 aromatic carbocycles. The second-order valence-corrected chi connectivity index (χ2v) is 4.60. The third-order valence-corrected chi connectivity index (χ3v) is 3.30. The van der Waals surface area contributed by atoms with Crippen LogP contribution >= 0.6 is 0 Å². The van der Waals surface area contributed by atoms with Crippen molar-refractivity contribution in [3.63, 3.8) is 0 Å². The maximum absolute atomic E-state index is 11.9. The van der Waals surface area contributed by atoms with Crippen molar-refractivity contribution in [3.8, 4) is 0 Å². The van der Waals surface area contributed by atoms with E-state index in [0.29, 0.717) is 13.2 Å². The number of methoxy groups -OCH3 is 1. The maximum Gasteiger partial charge on any atom is 0.309 e. The van der Waals surface area contributed by atoms with Gasteiger partial charge in [0, 0.05) is 6.61 Å². The van der Waals surface area contributed by atoms with E-state index in [1.54, 1.807) is 6.92 Å². The van der Waals surface area contributed by atoms with Gasteiger partial charge in [0.2, 0.25) is 0 Å². The van der Waals surface area contributed by atoms with Crippen molar-refractivity contribution in [2.75, 3.05) is 20.3 Å². The van der Waals surface area contributed by atoms with E-state index in [4.69, 9.17) is 9.47 Å². The van der Waals surface area contributed by atoms with Gasteiger partial charge in [-0.05, 0) is 32.6 Å². The first kappa shape index (κ1) is 15.0. The molecule has 3 atom stereocenters. The number of carbonyl (C=O) groups excluding carboxylic acids is 2. The molecule has 0 bridgehead atoms. The minimum absolute atomic E-state index is 0.0900. The van der Waals surface area contributed by atoms with Crippen LogP contribution in [-0.4, -0.2) is 38.4 Å². The highest BCUT2D eigenvalue weighted by molar-refractivity contribution is 5.80. The number of esters is 2. The van der Waals surface area contributed by atoms with E-state index in [1.807, 2.05) is 6.92 Å². The first-order chi connectivity index (χ1) is 8.58. The van der Waals surface area contributed by atoms with Crippen molar-refractivity contribution < 1.29 is 23.8 Å². The smallest absolute Gasteiger partial charge is 0.309 e. The van der Waals surface area contributed by atoms with Crippen LogP contribution in [0.2, 0.25) is 0 Å². The molecule has 1 fully saturated rings. The summed E-state index contributed by atoms with van der Waals surface area (Å²) in [5.74, 6) is -0.954. The summed E-state index contributed by atoms with van der Waals surface area (Å²) >= 11 is 0. The lowest BCUT2D eigenvalue weighted by molar-refractivity contribution is -0.158. The van der Waals surface area contributed by atoms with Crippen LogP contribution in [0.3, 0.4) is 0 Å². The summed E-state index contributed by atoms with van der Waals surface area (Å²) in [4.78, 5) is 23.3. The highest BCUT2D eigenvalue weighted by Gasteiger charge is 2.34. The largest absolute Gasteiger partial charge is 0.469 e. The summed E-state index contributed by atoms with van der Waals surface area (Å²) in [6.45, 7) is 4.70. The van der Waals surface area contributed by atoms with Crippen molar-refractivity contribution in [3.05, 3.63) is 0 Å². The van der Waals surface area contributed by atoms with Gasteiger partial charge >= 0.3 is 11.9 Å². The van der Waals surface area contributed by atoms with Gasteiger partial charge in [0.15, 0.2) is 0 Å². The number of carbonyl (C=O) groups is 2. The van der Waals surface area contributed by atoms with E-state index in [9.17, 15) is 9.59 Å². The van der Waals surface area contributed by atoms with Gasteiger partial charge in [0.1, 0.15) is 0 Å². The molecule has 0 radical (unpaired) electrons. The molecule has 0 saturated carbocycles. The first-order valence-electron chi connectivity index (χ1n) is 6.43. The molecule has 0 aliphatic carbocycles. The molecule has 0 spiro atoms. The minimum atomic E-state index is -0.413. The Morgan fingerprint density at radius 1 is 1.44 bits per heavy atom. The van der Waals surface area contributed by atoms with Gasteiger partial charge in [0.25, 0.3) is 0 Å². The highest BCUT2D eigenvalue weighted by atomic mass is 16.5. The van der Waals surface area contributed by atoms with Crippen LogP contribution in [0.15, 0.2) is 0 Å². The Hall–Kier alpha value is -1.10. The Morgan fingerprint density at radius 2 is 2.17 bits per heavy atom. The van der Waals surface area contributed by atoms with E-state index >= 15 is 0 Å². The average molecular weight is 258 g/mol. The number of ether oxygens (including phenoxy) is 3. The fourth-order valence-electron chi connectivity index (χ4n) is 2.35. The van der Waals surface area contributed by atoms with Gasteiger partial charge in [-0.3, -0.25) is 9.59 Å². The van der Waals surface area contributed by atoms with Gasteiger partial charge in [-0.2, -0.15) is 0 Å². The van der Waals surface area contributed by atoms with Crippen molar-refractivity contribution >= 4 is 11.9 Å². The monoisotopic (exact) mass is 258 g/mol. The molecule has 1 aliphatic heterocycles. The molecule has 0 aromatic heterocycles. The van der Waals surface area contributed by atoms with Crippen molar-refractivity contribution in [2.45, 2.75) is 39.2 Å². The Balaban J connectivity index is 2.68. The second kappa shape index (κ2) is 7.36. The predicted octanol–water partition coefficient (Wildman–Crippen LogP) is 1.54. The van der Waals surface area contributed by atoms with E-state index in [1.165, 1.54) is 7.11 Å². The van der Waals surface area contributed by atoms with E-state index in [-0.39, 0.29) is 30.4 Å². The molecule has 5 nitrogen and oxygen atoms in total. The summed E-state index contributed by atoms with van der Waals surface area (Å²) in [7, 11) is 1.33. The molecule has 1 rings (SSSR count). The zero-order valence-electron chi connectivity index (χ0n) is 11.3. The quantitative estimate of drug-likeness (QED) is 0.700. The van der Waals surface area contributed by atoms with Crippen molar-refractivity contribution in [1.82, 2.24) is 0 Å². The third-order valence-electron chi connectivity index (χ3n) is 3.30. The Bertz CT molecular complexity index is 289. The zero-order chi connectivity index (χ0) is 13.5.